The molecule has 5 rings (SSSR count). The van der Waals surface area contributed by atoms with Gasteiger partial charge in [-0.3, -0.25) is 9.69 Å². The first-order valence-corrected chi connectivity index (χ1v) is 14.7. The molecule has 9 heteroatoms. The summed E-state index contributed by atoms with van der Waals surface area (Å²) >= 11 is 0. The van der Waals surface area contributed by atoms with Gasteiger partial charge in [-0.15, -0.1) is 0 Å². The van der Waals surface area contributed by atoms with Gasteiger partial charge in [-0.2, -0.15) is 0 Å². The molecule has 4 N–H and O–H groups in total. The minimum Gasteiger partial charge on any atom is -0.492 e. The topological polar surface area (TPSA) is 113 Å². The molecule has 2 aliphatic heterocycles. The molecule has 0 amide bonds. The molecular formula is C34H44N4O5. The second kappa shape index (κ2) is 11.3. The van der Waals surface area contributed by atoms with Gasteiger partial charge in [0.15, 0.2) is 11.5 Å². The molecule has 230 valence electrons. The lowest BCUT2D eigenvalue weighted by atomic mass is 9.69. The molecule has 0 fully saturated rings. The third-order valence-corrected chi connectivity index (χ3v) is 8.66. The van der Waals surface area contributed by atoms with Gasteiger partial charge in [0.2, 0.25) is 5.79 Å². The van der Waals surface area contributed by atoms with Crippen LogP contribution in [0.5, 0.6) is 17.2 Å². The van der Waals surface area contributed by atoms with Crippen molar-refractivity contribution in [3.63, 3.8) is 0 Å². The Morgan fingerprint density at radius 1 is 1.09 bits per heavy atom. The van der Waals surface area contributed by atoms with Crippen molar-refractivity contribution in [2.24, 2.45) is 11.3 Å². The molecule has 1 unspecified atom stereocenters. The SMILES string of the molecule is COC(=O)C(C)(C)C(c1ccc(C)c(CN2CCOc3cc4c(cc3C2)OC(C)(C)O4)c1)c1ccc(N(C)N)c(N)c1C. The quantitative estimate of drug-likeness (QED) is 0.162. The molecule has 0 bridgehead atoms. The zero-order chi connectivity index (χ0) is 31.3. The summed E-state index contributed by atoms with van der Waals surface area (Å²) in [6.45, 7) is 14.5. The third kappa shape index (κ3) is 5.84. The molecule has 3 aromatic carbocycles. The second-order valence-corrected chi connectivity index (χ2v) is 12.7. The summed E-state index contributed by atoms with van der Waals surface area (Å²) < 4.78 is 23.4. The predicted molar refractivity (Wildman–Crippen MR) is 168 cm³/mol. The van der Waals surface area contributed by atoms with E-state index in [1.165, 1.54) is 23.2 Å². The number of benzene rings is 3. The molecule has 0 spiro atoms. The molecule has 3 aromatic rings. The third-order valence-electron chi connectivity index (χ3n) is 8.66. The van der Waals surface area contributed by atoms with Gasteiger partial charge in [-0.1, -0.05) is 24.3 Å². The van der Waals surface area contributed by atoms with Crippen molar-refractivity contribution in [3.8, 4) is 17.2 Å². The standard InChI is InChI=1S/C34H44N4O5/c1-20-9-10-22(30(33(3,4)32(39)40-8)25-11-12-26(37(7)36)31(35)21(25)2)15-23(20)18-38-13-14-41-27-17-29-28(16-24(27)19-38)42-34(5,6)43-29/h9-12,15-17,30H,13-14,18-19,35-36H2,1-8H3. The fourth-order valence-electron chi connectivity index (χ4n) is 6.29. The van der Waals surface area contributed by atoms with Gasteiger partial charge in [-0.05, 0) is 67.6 Å². The van der Waals surface area contributed by atoms with E-state index in [1.54, 1.807) is 7.05 Å². The van der Waals surface area contributed by atoms with Crippen LogP contribution in [0.15, 0.2) is 42.5 Å². The van der Waals surface area contributed by atoms with Gasteiger partial charge in [0.25, 0.3) is 0 Å². The smallest absolute Gasteiger partial charge is 0.312 e. The van der Waals surface area contributed by atoms with Crippen LogP contribution in [0, 0.1) is 19.3 Å². The summed E-state index contributed by atoms with van der Waals surface area (Å²) in [6.07, 6.45) is 0. The summed E-state index contributed by atoms with van der Waals surface area (Å²) in [5, 5.41) is 1.51. The second-order valence-electron chi connectivity index (χ2n) is 12.7. The minimum absolute atomic E-state index is 0.291. The van der Waals surface area contributed by atoms with Gasteiger partial charge in [0.05, 0.1) is 23.9 Å². The first kappa shape index (κ1) is 30.5. The normalized spacial score (nSPS) is 16.6. The molecule has 2 aliphatic rings. The number of rotatable bonds is 7. The Balaban J connectivity index is 1.50. The number of esters is 1. The van der Waals surface area contributed by atoms with E-state index in [9.17, 15) is 4.79 Å². The van der Waals surface area contributed by atoms with E-state index in [4.69, 9.17) is 30.5 Å². The Morgan fingerprint density at radius 2 is 1.79 bits per heavy atom. The van der Waals surface area contributed by atoms with Crippen LogP contribution < -0.4 is 30.8 Å². The molecule has 0 saturated heterocycles. The molecular weight excluding hydrogens is 544 g/mol. The number of hydrazine groups is 1. The van der Waals surface area contributed by atoms with Gasteiger partial charge < -0.3 is 29.7 Å². The first-order valence-electron chi connectivity index (χ1n) is 14.7. The maximum atomic E-state index is 13.2. The number of nitrogens with two attached hydrogens (primary N) is 2. The van der Waals surface area contributed by atoms with E-state index in [-0.39, 0.29) is 11.9 Å². The fraction of sp³-hybridized carbons (Fsp3) is 0.441. The average Bonchev–Trinajstić information content (AvgIpc) is 3.10. The maximum absolute atomic E-state index is 13.2. The van der Waals surface area contributed by atoms with E-state index >= 15 is 0 Å². The van der Waals surface area contributed by atoms with Crippen molar-refractivity contribution in [2.75, 3.05) is 38.1 Å². The Hall–Kier alpha value is -3.95. The fourth-order valence-corrected chi connectivity index (χ4v) is 6.29. The highest BCUT2D eigenvalue weighted by molar-refractivity contribution is 5.80. The Bertz CT molecular complexity index is 1550. The van der Waals surface area contributed by atoms with E-state index in [1.807, 2.05) is 58.9 Å². The minimum atomic E-state index is -0.875. The average molecular weight is 589 g/mol. The van der Waals surface area contributed by atoms with Crippen molar-refractivity contribution in [1.82, 2.24) is 4.90 Å². The van der Waals surface area contributed by atoms with Crippen LogP contribution in [0.4, 0.5) is 11.4 Å². The van der Waals surface area contributed by atoms with Crippen molar-refractivity contribution in [2.45, 2.75) is 66.3 Å². The van der Waals surface area contributed by atoms with Crippen LogP contribution in [-0.4, -0.2) is 44.0 Å². The lowest BCUT2D eigenvalue weighted by Gasteiger charge is -2.35. The largest absolute Gasteiger partial charge is 0.492 e. The Morgan fingerprint density at radius 3 is 2.47 bits per heavy atom. The van der Waals surface area contributed by atoms with Crippen molar-refractivity contribution >= 4 is 17.3 Å². The number of hydrogen-bond acceptors (Lipinski definition) is 9. The number of aryl methyl sites for hydroxylation is 1. The number of fused-ring (bicyclic) bond motifs is 2. The summed E-state index contributed by atoms with van der Waals surface area (Å²) in [5.41, 5.74) is 13.3. The highest BCUT2D eigenvalue weighted by Gasteiger charge is 2.41. The van der Waals surface area contributed by atoms with E-state index < -0.39 is 11.2 Å². The zero-order valence-corrected chi connectivity index (χ0v) is 26.5. The Labute approximate surface area is 254 Å². The zero-order valence-electron chi connectivity index (χ0n) is 26.5. The van der Waals surface area contributed by atoms with Gasteiger partial charge in [-0.25, -0.2) is 5.84 Å². The van der Waals surface area contributed by atoms with Crippen LogP contribution in [-0.2, 0) is 22.6 Å². The molecule has 1 atom stereocenters. The molecule has 0 aromatic heterocycles. The number of hydrogen-bond donors (Lipinski definition) is 2. The highest BCUT2D eigenvalue weighted by Crippen LogP contribution is 2.46. The van der Waals surface area contributed by atoms with Gasteiger partial charge in [0.1, 0.15) is 12.4 Å². The number of anilines is 2. The van der Waals surface area contributed by atoms with E-state index in [2.05, 4.69) is 30.0 Å². The predicted octanol–water partition coefficient (Wildman–Crippen LogP) is 5.43. The maximum Gasteiger partial charge on any atom is 0.312 e. The van der Waals surface area contributed by atoms with Crippen LogP contribution >= 0.6 is 0 Å². The summed E-state index contributed by atoms with van der Waals surface area (Å²) in [6, 6.07) is 14.4. The molecule has 9 nitrogen and oxygen atoms in total. The number of nitrogen functional groups attached to an aromatic ring is 1. The number of carbonyl (C=O) groups excluding carboxylic acids is 1. The van der Waals surface area contributed by atoms with Crippen LogP contribution in [0.3, 0.4) is 0 Å². The van der Waals surface area contributed by atoms with Crippen molar-refractivity contribution in [1.29, 1.82) is 0 Å². The summed E-state index contributed by atoms with van der Waals surface area (Å²) in [5.74, 6) is 7.01. The van der Waals surface area contributed by atoms with E-state index in [0.717, 1.165) is 46.0 Å². The van der Waals surface area contributed by atoms with Crippen LogP contribution in [0.25, 0.3) is 0 Å². The number of carbonyl (C=O) groups is 1. The first-order chi connectivity index (χ1) is 20.2. The van der Waals surface area contributed by atoms with E-state index in [0.29, 0.717) is 31.1 Å². The highest BCUT2D eigenvalue weighted by atomic mass is 16.7. The lowest BCUT2D eigenvalue weighted by molar-refractivity contribution is -0.151. The molecule has 2 heterocycles. The monoisotopic (exact) mass is 588 g/mol. The number of methoxy groups -OCH3 is 1. The summed E-state index contributed by atoms with van der Waals surface area (Å²) in [4.78, 5) is 15.6. The summed E-state index contributed by atoms with van der Waals surface area (Å²) in [7, 11) is 3.19. The Kier molecular flexibility index (Phi) is 8.00. The van der Waals surface area contributed by atoms with Gasteiger partial charge in [0, 0.05) is 58.1 Å². The van der Waals surface area contributed by atoms with Gasteiger partial charge >= 0.3 is 5.97 Å². The molecule has 0 saturated carbocycles. The lowest BCUT2D eigenvalue weighted by Crippen LogP contribution is -2.34. The number of nitrogens with zero attached hydrogens (tertiary/aromatic N) is 2. The van der Waals surface area contributed by atoms with Crippen LogP contribution in [0.2, 0.25) is 0 Å². The molecule has 0 aliphatic carbocycles. The van der Waals surface area contributed by atoms with Crippen molar-refractivity contribution in [3.05, 3.63) is 75.8 Å². The number of ether oxygens (including phenoxy) is 4. The molecule has 43 heavy (non-hydrogen) atoms. The van der Waals surface area contributed by atoms with Crippen LogP contribution in [0.1, 0.15) is 67.0 Å². The van der Waals surface area contributed by atoms with Crippen molar-refractivity contribution < 1.29 is 23.7 Å². The molecule has 0 radical (unpaired) electrons.